The maximum absolute atomic E-state index is 15.3. The van der Waals surface area contributed by atoms with Gasteiger partial charge in [0.25, 0.3) is 5.91 Å². The number of nitrogens with one attached hydrogen (secondary N) is 14. The van der Waals surface area contributed by atoms with Gasteiger partial charge < -0.3 is 109 Å². The zero-order valence-electron chi connectivity index (χ0n) is 66.6. The van der Waals surface area contributed by atoms with Gasteiger partial charge >= 0.3 is 11.9 Å². The molecule has 642 valence electrons. The molecule has 0 unspecified atom stereocenters. The van der Waals surface area contributed by atoms with E-state index in [1.807, 2.05) is 0 Å². The number of likely N-dealkylation sites (tertiary alicyclic amines) is 1. The molecular weight excluding hydrogens is 1580 g/mol. The summed E-state index contributed by atoms with van der Waals surface area (Å²) in [6, 6.07) is 13.6. The maximum atomic E-state index is 15.3. The van der Waals surface area contributed by atoms with E-state index in [9.17, 15) is 78.3 Å². The first-order valence-corrected chi connectivity index (χ1v) is 39.9. The standard InChI is InChI=1S/C83H96N20O19/c1-43(2)28-63(74(114)94-62(10-5-25-87-82(84)85)80(120)103-27-7-12-68(103)79(119)90-39-70(109)110)95-72(112)60(11-6-26-102-40-50(100-101-102)38-89-71(111)45-15-20-58-55(33-45)81(121)122-83(58)56-21-18-52(106)31-46(56)30-47-32-53(107)19-22-57(47)83)93-75(115)64(29-44-13-16-51(105)17-14-44)96-78(118)67(41-104)99-76(116)65(34-48-36-88-59-9-4-3-8-54(48)59)97-77(117)66(35-49-37-86-42-91-49)98-73(113)61-23-24-69(108)92-61/h3-4,8-9,13-22,31-33,36-37,40,42-43,60-68,88,104-107H,5-7,10-12,23-30,34-35,38-39,41H2,1-2H3,(H,86,91)(H,89,111)(H,90,119)(H,92,108)(H,93,115)(H,94,114)(H,95,112)(H,96,118)(H,97,117)(H,98,113)(H,99,116)(H,109,110)(H4,84,85,87)/t60-,61-,62-,63-,64-,65-,66-,67-,68-/m0/s1. The first-order chi connectivity index (χ1) is 58.5. The number of hydrogen-bond donors (Lipinski definition) is 20. The molecule has 3 aliphatic heterocycles. The molecule has 0 radical (unpaired) electrons. The summed E-state index contributed by atoms with van der Waals surface area (Å²) in [6.07, 6.45) is 5.98. The van der Waals surface area contributed by atoms with Gasteiger partial charge in [0.15, 0.2) is 11.6 Å². The number of imidazole rings is 1. The molecule has 11 amide bonds. The molecule has 12 rings (SSSR count). The number of nitrogens with two attached hydrogens (primary N) is 1. The number of aliphatic carboxylic acids is 1. The fourth-order valence-electron chi connectivity index (χ4n) is 15.6. The lowest BCUT2D eigenvalue weighted by Crippen LogP contribution is -2.61. The molecule has 2 fully saturated rings. The number of H-pyrrole nitrogens is 2. The number of benzene rings is 5. The summed E-state index contributed by atoms with van der Waals surface area (Å²) in [7, 11) is 0. The molecule has 6 heterocycles. The van der Waals surface area contributed by atoms with Gasteiger partial charge in [-0.25, -0.2) is 9.78 Å². The molecule has 9 atom stereocenters. The summed E-state index contributed by atoms with van der Waals surface area (Å²) in [5.41, 5.74) is 9.35. The Kier molecular flexibility index (Phi) is 27.9. The number of carboxylic acid groups (broad SMARTS) is 1. The number of amides is 11. The Balaban J connectivity index is 0.787. The van der Waals surface area contributed by atoms with E-state index in [4.69, 9.17) is 15.9 Å². The number of aliphatic hydroxyl groups excluding tert-OH is 1. The molecule has 0 bridgehead atoms. The highest BCUT2D eigenvalue weighted by Crippen LogP contribution is 2.53. The molecule has 3 aromatic heterocycles. The largest absolute Gasteiger partial charge is 0.508 e. The van der Waals surface area contributed by atoms with Crippen LogP contribution in [0.25, 0.3) is 10.9 Å². The smallest absolute Gasteiger partial charge is 0.340 e. The summed E-state index contributed by atoms with van der Waals surface area (Å²) in [4.78, 5) is 194. The lowest BCUT2D eigenvalue weighted by molar-refractivity contribution is -0.143. The highest BCUT2D eigenvalue weighted by molar-refractivity contribution is 6.03. The summed E-state index contributed by atoms with van der Waals surface area (Å²) in [6.45, 7) is 1.62. The number of para-hydroxylation sites is 1. The monoisotopic (exact) mass is 1680 g/mol. The second-order valence-electron chi connectivity index (χ2n) is 30.9. The molecule has 39 nitrogen and oxygen atoms in total. The van der Waals surface area contributed by atoms with Gasteiger partial charge in [0, 0.05) is 90.9 Å². The number of guanidine groups is 1. The van der Waals surface area contributed by atoms with Crippen LogP contribution in [0, 0.1) is 11.3 Å². The fourth-order valence-corrected chi connectivity index (χ4v) is 15.6. The zero-order valence-corrected chi connectivity index (χ0v) is 66.6. The van der Waals surface area contributed by atoms with Crippen LogP contribution < -0.4 is 64.2 Å². The number of carbonyl (C=O) groups is 13. The van der Waals surface area contributed by atoms with E-state index in [1.54, 1.807) is 74.6 Å². The second-order valence-corrected chi connectivity index (χ2v) is 30.9. The van der Waals surface area contributed by atoms with Crippen LogP contribution >= 0.6 is 0 Å². The predicted octanol–water partition coefficient (Wildman–Crippen LogP) is -0.430. The average molecular weight is 1680 g/mol. The third-order valence-corrected chi connectivity index (χ3v) is 21.6. The Morgan fingerprint density at radius 3 is 1.94 bits per heavy atom. The number of carboxylic acids is 1. The highest BCUT2D eigenvalue weighted by atomic mass is 16.6. The number of phenolic OH excluding ortho intramolecular Hbond substituents is 3. The van der Waals surface area contributed by atoms with Crippen molar-refractivity contribution >= 4 is 93.8 Å². The van der Waals surface area contributed by atoms with Crippen molar-refractivity contribution in [2.24, 2.45) is 11.7 Å². The van der Waals surface area contributed by atoms with Crippen LogP contribution in [0.4, 0.5) is 0 Å². The maximum Gasteiger partial charge on any atom is 0.340 e. The van der Waals surface area contributed by atoms with Crippen molar-refractivity contribution in [3.8, 4) is 17.2 Å². The minimum atomic E-state index is -1.88. The summed E-state index contributed by atoms with van der Waals surface area (Å²) < 4.78 is 7.66. The number of rotatable bonds is 38. The van der Waals surface area contributed by atoms with Crippen LogP contribution in [0.1, 0.15) is 143 Å². The quantitative estimate of drug-likeness (QED) is 0.0101. The summed E-state index contributed by atoms with van der Waals surface area (Å²) in [5, 5.41) is 97.6. The van der Waals surface area contributed by atoms with E-state index >= 15 is 9.59 Å². The summed E-state index contributed by atoms with van der Waals surface area (Å²) in [5.74, 6) is -11.9. The predicted molar refractivity (Wildman–Crippen MR) is 433 cm³/mol. The number of ether oxygens (including phenoxy) is 1. The summed E-state index contributed by atoms with van der Waals surface area (Å²) >= 11 is 0. The Hall–Kier alpha value is -14.3. The Labute approximate surface area is 697 Å². The molecule has 39 heteroatoms. The van der Waals surface area contributed by atoms with Crippen molar-refractivity contribution in [3.05, 3.63) is 190 Å². The van der Waals surface area contributed by atoms with Crippen molar-refractivity contribution in [2.45, 2.75) is 170 Å². The third kappa shape index (κ3) is 21.2. The molecule has 8 aromatic rings. The van der Waals surface area contributed by atoms with Crippen LogP contribution in [-0.2, 0) is 102 Å². The lowest BCUT2D eigenvalue weighted by Gasteiger charge is -2.37. The van der Waals surface area contributed by atoms with Crippen molar-refractivity contribution in [1.82, 2.24) is 93.3 Å². The zero-order chi connectivity index (χ0) is 87.1. The number of phenols is 3. The van der Waals surface area contributed by atoms with Crippen LogP contribution in [0.5, 0.6) is 17.2 Å². The molecule has 1 aliphatic carbocycles. The first-order valence-electron chi connectivity index (χ1n) is 39.9. The van der Waals surface area contributed by atoms with Crippen molar-refractivity contribution in [1.29, 1.82) is 5.41 Å². The number of aromatic nitrogens is 6. The number of aromatic amines is 2. The van der Waals surface area contributed by atoms with Crippen LogP contribution in [0.2, 0.25) is 0 Å². The Morgan fingerprint density at radius 1 is 0.656 bits per heavy atom. The molecular formula is C83H96N20O19. The molecule has 1 spiro atoms. The SMILES string of the molecule is CC(C)C[C@H](NC(=O)[C@H](CCCn1cc(CNC(=O)c2ccc3c(c2)C(=O)OC32c3ccc(O)cc3Cc3cc(O)ccc32)nn1)NC(=O)[C@H](Cc1ccc(O)cc1)NC(=O)[C@H](CO)NC(=O)[C@H](Cc1c[nH]c2ccccc12)NC(=O)[C@H](Cc1c[nH]cn1)NC(=O)[C@@H]1CCC(=O)N1)C(=O)N[C@@H](CCCNC(=N)N)C(=O)N1CCC[C@H]1C(=O)NCC(=O)O. The number of aromatic hydroxyl groups is 3. The van der Waals surface area contributed by atoms with Gasteiger partial charge in [-0.3, -0.25) is 67.6 Å². The Bertz CT molecular complexity index is 5230. The van der Waals surface area contributed by atoms with Crippen LogP contribution in [-0.4, -0.2) is 224 Å². The van der Waals surface area contributed by atoms with E-state index < -0.39 is 144 Å². The molecule has 122 heavy (non-hydrogen) atoms. The van der Waals surface area contributed by atoms with Crippen molar-refractivity contribution in [2.75, 3.05) is 26.2 Å². The second kappa shape index (κ2) is 39.1. The van der Waals surface area contributed by atoms with Gasteiger partial charge in [0.2, 0.25) is 59.1 Å². The molecule has 2 saturated heterocycles. The van der Waals surface area contributed by atoms with E-state index in [2.05, 4.69) is 83.7 Å². The third-order valence-electron chi connectivity index (χ3n) is 21.6. The van der Waals surface area contributed by atoms with E-state index in [0.717, 1.165) is 0 Å². The van der Waals surface area contributed by atoms with E-state index in [0.29, 0.717) is 68.4 Å². The van der Waals surface area contributed by atoms with Gasteiger partial charge in [-0.2, -0.15) is 0 Å². The average Bonchev–Trinajstić information content (AvgIpc) is 1.54. The van der Waals surface area contributed by atoms with Gasteiger partial charge in [-0.15, -0.1) is 5.10 Å². The normalized spacial score (nSPS) is 16.5. The Morgan fingerprint density at radius 2 is 1.28 bits per heavy atom. The minimum Gasteiger partial charge on any atom is -0.508 e. The van der Waals surface area contributed by atoms with E-state index in [1.165, 1.54) is 76.8 Å². The molecule has 0 saturated carbocycles. The minimum absolute atomic E-state index is 0.000794. The highest BCUT2D eigenvalue weighted by Gasteiger charge is 2.53. The van der Waals surface area contributed by atoms with Gasteiger partial charge in [-0.05, 0) is 141 Å². The first kappa shape index (κ1) is 87.1. The number of aryl methyl sites for hydroxylation is 1. The topological polar surface area (TPSA) is 593 Å². The van der Waals surface area contributed by atoms with Crippen molar-refractivity contribution < 1.29 is 92.6 Å². The number of aliphatic hydroxyl groups is 1. The van der Waals surface area contributed by atoms with Crippen molar-refractivity contribution in [3.63, 3.8) is 0 Å². The number of nitrogens with zero attached hydrogens (tertiary/aromatic N) is 5. The lowest BCUT2D eigenvalue weighted by atomic mass is 9.71. The van der Waals surface area contributed by atoms with E-state index in [-0.39, 0.29) is 149 Å². The van der Waals surface area contributed by atoms with Gasteiger partial charge in [0.1, 0.15) is 83.9 Å². The van der Waals surface area contributed by atoms with Gasteiger partial charge in [0.05, 0.1) is 36.9 Å². The fraction of sp³-hybridized carbons (Fsp3) is 0.386. The van der Waals surface area contributed by atoms with Crippen LogP contribution in [0.3, 0.4) is 0 Å². The molecule has 5 aromatic carbocycles. The number of fused-ring (bicyclic) bond motifs is 7. The number of hydrogen-bond acceptors (Lipinski definition) is 22. The molecule has 4 aliphatic rings. The van der Waals surface area contributed by atoms with Crippen LogP contribution in [0.15, 0.2) is 128 Å². The number of carbonyl (C=O) groups excluding carboxylic acids is 12. The van der Waals surface area contributed by atoms with Gasteiger partial charge in [-0.1, -0.05) is 67.6 Å². The number of esters is 1. The molecule has 21 N–H and O–H groups in total.